The Bertz CT molecular complexity index is 1180. The van der Waals surface area contributed by atoms with Crippen LogP contribution in [0.4, 0.5) is 4.39 Å². The second-order valence-electron chi connectivity index (χ2n) is 8.48. The van der Waals surface area contributed by atoms with Crippen molar-refractivity contribution in [2.45, 2.75) is 44.7 Å². The molecule has 1 aromatic heterocycles. The van der Waals surface area contributed by atoms with Gasteiger partial charge in [0.25, 0.3) is 0 Å². The zero-order valence-corrected chi connectivity index (χ0v) is 20.1. The predicted molar refractivity (Wildman–Crippen MR) is 128 cm³/mol. The number of hydrogen-bond donors (Lipinski definition) is 4. The first-order valence-corrected chi connectivity index (χ1v) is 12.0. The van der Waals surface area contributed by atoms with E-state index >= 15 is 0 Å². The van der Waals surface area contributed by atoms with E-state index in [0.29, 0.717) is 19.5 Å². The zero-order valence-electron chi connectivity index (χ0n) is 19.2. The molecule has 2 heterocycles. The van der Waals surface area contributed by atoms with Crippen LogP contribution < -0.4 is 10.5 Å². The number of esters is 1. The number of hydrogen-bond acceptors (Lipinski definition) is 8. The molecule has 2 aromatic rings. The van der Waals surface area contributed by atoms with Crippen LogP contribution in [0.1, 0.15) is 52.2 Å². The van der Waals surface area contributed by atoms with Crippen molar-refractivity contribution in [1.82, 2.24) is 4.90 Å². The van der Waals surface area contributed by atoms with Gasteiger partial charge in [-0.3, -0.25) is 24.7 Å². The first-order valence-electron chi connectivity index (χ1n) is 11.2. The van der Waals surface area contributed by atoms with Gasteiger partial charge in [0.2, 0.25) is 0 Å². The van der Waals surface area contributed by atoms with E-state index in [0.717, 1.165) is 28.7 Å². The van der Waals surface area contributed by atoms with Crippen molar-refractivity contribution in [2.24, 2.45) is 11.7 Å². The number of nitrogen functional groups attached to an aromatic ring is 1. The lowest BCUT2D eigenvalue weighted by atomic mass is 9.93. The van der Waals surface area contributed by atoms with Crippen LogP contribution in [0, 0.1) is 17.1 Å². The Morgan fingerprint density at radius 3 is 2.61 bits per heavy atom. The Kier molecular flexibility index (Phi) is 8.88. The monoisotopic (exact) mass is 519 g/mol. The van der Waals surface area contributed by atoms with Gasteiger partial charge in [-0.15, -0.1) is 11.3 Å². The van der Waals surface area contributed by atoms with Gasteiger partial charge in [-0.25, -0.2) is 9.18 Å². The van der Waals surface area contributed by atoms with Crippen molar-refractivity contribution in [1.29, 1.82) is 5.41 Å². The van der Waals surface area contributed by atoms with Crippen molar-refractivity contribution in [2.75, 3.05) is 6.54 Å². The Hall–Kier alpha value is -3.64. The molecule has 0 aliphatic carbocycles. The number of Topliss-reactive ketones (excluding diaryl/α,β-unsaturated/α-hetero) is 1. The van der Waals surface area contributed by atoms with Crippen LogP contribution in [-0.4, -0.2) is 57.2 Å². The predicted octanol–water partition coefficient (Wildman–Crippen LogP) is 2.88. The van der Waals surface area contributed by atoms with Crippen molar-refractivity contribution in [3.05, 3.63) is 51.5 Å². The van der Waals surface area contributed by atoms with E-state index in [2.05, 4.69) is 0 Å². The smallest absolute Gasteiger partial charge is 0.353 e. The molecule has 192 valence electrons. The summed E-state index contributed by atoms with van der Waals surface area (Å²) in [6.45, 7) is 0.984. The average Bonchev–Trinajstić information content (AvgIpc) is 3.47. The van der Waals surface area contributed by atoms with Crippen LogP contribution in [0.3, 0.4) is 0 Å². The van der Waals surface area contributed by atoms with Crippen LogP contribution in [0.2, 0.25) is 0 Å². The average molecular weight is 520 g/mol. The number of amidine groups is 1. The number of aliphatic carboxylic acids is 2. The van der Waals surface area contributed by atoms with Crippen LogP contribution in [0.5, 0.6) is 5.75 Å². The van der Waals surface area contributed by atoms with Crippen LogP contribution in [0.15, 0.2) is 30.3 Å². The molecule has 2 atom stereocenters. The number of carboxylic acids is 2. The summed E-state index contributed by atoms with van der Waals surface area (Å²) in [5.41, 5.74) is 5.49. The summed E-state index contributed by atoms with van der Waals surface area (Å²) < 4.78 is 19.3. The number of nitrogens with one attached hydrogen (secondary N) is 1. The van der Waals surface area contributed by atoms with Gasteiger partial charge in [0.05, 0.1) is 12.0 Å². The molecule has 10 nitrogen and oxygen atoms in total. The molecular formula is C24H26FN3O7S. The topological polar surface area (TPSA) is 171 Å². The maximum absolute atomic E-state index is 14.2. The highest BCUT2D eigenvalue weighted by atomic mass is 32.1. The minimum Gasteiger partial charge on any atom is -0.481 e. The van der Waals surface area contributed by atoms with E-state index < -0.39 is 35.7 Å². The molecule has 5 N–H and O–H groups in total. The zero-order chi connectivity index (χ0) is 26.4. The first-order chi connectivity index (χ1) is 17.0. The van der Waals surface area contributed by atoms with Crippen molar-refractivity contribution < 1.29 is 38.5 Å². The third kappa shape index (κ3) is 6.95. The Morgan fingerprint density at radius 2 is 1.97 bits per heavy atom. The fraction of sp³-hybridized carbons (Fsp3) is 0.375. The molecule has 0 amide bonds. The molecule has 0 radical (unpaired) electrons. The van der Waals surface area contributed by atoms with Crippen molar-refractivity contribution >= 4 is 40.9 Å². The number of rotatable bonds is 12. The molecule has 0 saturated carbocycles. The summed E-state index contributed by atoms with van der Waals surface area (Å²) in [7, 11) is 0. The number of carbonyl (C=O) groups excluding carboxylic acids is 2. The highest BCUT2D eigenvalue weighted by Gasteiger charge is 2.33. The first kappa shape index (κ1) is 27.0. The number of nitrogens with two attached hydrogens (primary N) is 1. The Morgan fingerprint density at radius 1 is 1.22 bits per heavy atom. The quantitative estimate of drug-likeness (QED) is 0.142. The molecule has 0 bridgehead atoms. The molecule has 1 saturated heterocycles. The number of benzene rings is 1. The van der Waals surface area contributed by atoms with E-state index in [1.165, 1.54) is 12.1 Å². The molecule has 36 heavy (non-hydrogen) atoms. The number of halogens is 1. The normalized spacial score (nSPS) is 16.4. The van der Waals surface area contributed by atoms with Gasteiger partial charge in [-0.1, -0.05) is 0 Å². The lowest BCUT2D eigenvalue weighted by Crippen LogP contribution is -2.37. The lowest BCUT2D eigenvalue weighted by molar-refractivity contribution is -0.145. The second kappa shape index (κ2) is 11.9. The van der Waals surface area contributed by atoms with Gasteiger partial charge in [-0.05, 0) is 56.1 Å². The highest BCUT2D eigenvalue weighted by molar-refractivity contribution is 7.13. The number of carboxylic acid groups (broad SMARTS) is 2. The minimum absolute atomic E-state index is 0.113. The maximum Gasteiger partial charge on any atom is 0.353 e. The molecule has 3 rings (SSSR count). The summed E-state index contributed by atoms with van der Waals surface area (Å²) >= 11 is 1.14. The van der Waals surface area contributed by atoms with E-state index in [9.17, 15) is 28.7 Å². The van der Waals surface area contributed by atoms with Crippen LogP contribution >= 0.6 is 11.3 Å². The number of carbonyl (C=O) groups is 4. The van der Waals surface area contributed by atoms with E-state index in [1.54, 1.807) is 12.1 Å². The van der Waals surface area contributed by atoms with E-state index in [4.69, 9.17) is 21.0 Å². The fourth-order valence-electron chi connectivity index (χ4n) is 4.04. The van der Waals surface area contributed by atoms with E-state index in [-0.39, 0.29) is 47.1 Å². The second-order valence-corrected chi connectivity index (χ2v) is 9.65. The number of ketones is 1. The molecule has 1 aromatic carbocycles. The van der Waals surface area contributed by atoms with Gasteiger partial charge in [0, 0.05) is 29.8 Å². The van der Waals surface area contributed by atoms with Crippen molar-refractivity contribution in [3.63, 3.8) is 0 Å². The van der Waals surface area contributed by atoms with E-state index in [1.807, 2.05) is 4.90 Å². The number of nitrogens with zero attached hydrogens (tertiary/aromatic N) is 1. The summed E-state index contributed by atoms with van der Waals surface area (Å²) in [4.78, 5) is 50.5. The number of ether oxygens (including phenoxy) is 1. The molecule has 0 unspecified atom stereocenters. The highest BCUT2D eigenvalue weighted by Crippen LogP contribution is 2.28. The third-order valence-corrected chi connectivity index (χ3v) is 6.96. The molecule has 12 heteroatoms. The summed E-state index contributed by atoms with van der Waals surface area (Å²) in [6, 6.07) is 6.37. The van der Waals surface area contributed by atoms with Gasteiger partial charge < -0.3 is 20.7 Å². The third-order valence-electron chi connectivity index (χ3n) is 5.91. The molecule has 0 spiro atoms. The molecular weight excluding hydrogens is 493 g/mol. The number of likely N-dealkylation sites (tertiary alicyclic amines) is 1. The summed E-state index contributed by atoms with van der Waals surface area (Å²) in [6.07, 6.45) is 0.647. The number of thiophene rings is 1. The SMILES string of the molecule is N=C(N)c1ccc(OC(=O)c2ccc(CN3CCC[C@@H]3C(=O)C[C@H](CCC(=O)O)C(=O)O)s2)c(F)c1. The maximum atomic E-state index is 14.2. The Balaban J connectivity index is 1.61. The van der Waals surface area contributed by atoms with Gasteiger partial charge >= 0.3 is 17.9 Å². The molecule has 1 fully saturated rings. The minimum atomic E-state index is -1.19. The summed E-state index contributed by atoms with van der Waals surface area (Å²) in [5.74, 6) is -5.78. The largest absolute Gasteiger partial charge is 0.481 e. The van der Waals surface area contributed by atoms with Crippen LogP contribution in [0.25, 0.3) is 0 Å². The molecule has 1 aliphatic heterocycles. The summed E-state index contributed by atoms with van der Waals surface area (Å²) in [5, 5.41) is 25.5. The van der Waals surface area contributed by atoms with Gasteiger partial charge in [0.1, 0.15) is 10.7 Å². The van der Waals surface area contributed by atoms with Crippen molar-refractivity contribution in [3.8, 4) is 5.75 Å². The lowest BCUT2D eigenvalue weighted by Gasteiger charge is -2.24. The van der Waals surface area contributed by atoms with Gasteiger partial charge in [-0.2, -0.15) is 0 Å². The fourth-order valence-corrected chi connectivity index (χ4v) is 4.95. The molecule has 1 aliphatic rings. The van der Waals surface area contributed by atoms with Gasteiger partial charge in [0.15, 0.2) is 17.3 Å². The van der Waals surface area contributed by atoms with Crippen LogP contribution in [-0.2, 0) is 20.9 Å². The Labute approximate surface area is 210 Å². The standard InChI is InChI=1S/C24H26FN3O7S/c25-16-10-13(22(26)27)3-6-19(16)35-24(34)20-7-5-15(36-20)12-28-9-1-2-17(28)18(29)11-14(23(32)33)4-8-21(30)31/h3,5-7,10,14,17H,1-2,4,8-9,11-12H2,(H3,26,27)(H,30,31)(H,32,33)/t14-,17+/m0/s1.